The molecule has 9 nitrogen and oxygen atoms in total. The van der Waals surface area contributed by atoms with Crippen molar-refractivity contribution in [2.45, 2.75) is 6.54 Å². The van der Waals surface area contributed by atoms with E-state index in [0.29, 0.717) is 48.9 Å². The Kier molecular flexibility index (Phi) is 7.47. The normalized spacial score (nSPS) is 13.8. The molecule has 1 aliphatic rings. The molecule has 0 saturated carbocycles. The van der Waals surface area contributed by atoms with Crippen molar-refractivity contribution in [3.05, 3.63) is 88.0 Å². The zero-order chi connectivity index (χ0) is 24.8. The summed E-state index contributed by atoms with van der Waals surface area (Å²) in [5.74, 6) is 1.17. The second kappa shape index (κ2) is 10.9. The summed E-state index contributed by atoms with van der Waals surface area (Å²) in [5.41, 5.74) is 2.35. The first-order valence-electron chi connectivity index (χ1n) is 11.3. The molecular formula is C26H28N4O5. The molecule has 9 heteroatoms. The monoisotopic (exact) mass is 476 g/mol. The fraction of sp³-hybridized carbons (Fsp3) is 0.269. The summed E-state index contributed by atoms with van der Waals surface area (Å²) in [5, 5.41) is 14.7. The van der Waals surface area contributed by atoms with Crippen LogP contribution in [0.15, 0.2) is 66.7 Å². The molecule has 3 aromatic carbocycles. The number of para-hydroxylation sites is 1. The molecule has 1 fully saturated rings. The first-order valence-corrected chi connectivity index (χ1v) is 11.3. The molecule has 3 aromatic rings. The van der Waals surface area contributed by atoms with Gasteiger partial charge in [-0.3, -0.25) is 19.8 Å². The van der Waals surface area contributed by atoms with Crippen molar-refractivity contribution in [3.63, 3.8) is 0 Å². The fourth-order valence-corrected chi connectivity index (χ4v) is 4.13. The van der Waals surface area contributed by atoms with Gasteiger partial charge in [-0.2, -0.15) is 0 Å². The Bertz CT molecular complexity index is 1190. The molecule has 182 valence electrons. The van der Waals surface area contributed by atoms with Gasteiger partial charge in [0.15, 0.2) is 11.5 Å². The average molecular weight is 477 g/mol. The number of nitro groups is 1. The van der Waals surface area contributed by atoms with Gasteiger partial charge in [-0.25, -0.2) is 0 Å². The van der Waals surface area contributed by atoms with Gasteiger partial charge in [-0.05, 0) is 42.0 Å². The summed E-state index contributed by atoms with van der Waals surface area (Å²) in [7, 11) is 3.22. The average Bonchev–Trinajstić information content (AvgIpc) is 2.89. The van der Waals surface area contributed by atoms with Crippen LogP contribution in [0.1, 0.15) is 15.9 Å². The lowest BCUT2D eigenvalue weighted by Crippen LogP contribution is -2.48. The van der Waals surface area contributed by atoms with Crippen molar-refractivity contribution >= 4 is 23.0 Å². The van der Waals surface area contributed by atoms with Gasteiger partial charge in [0.1, 0.15) is 5.69 Å². The number of carbonyl (C=O) groups is 1. The summed E-state index contributed by atoms with van der Waals surface area (Å²) < 4.78 is 10.7. The third-order valence-electron chi connectivity index (χ3n) is 6.01. The number of nitro benzene ring substituents is 1. The van der Waals surface area contributed by atoms with E-state index < -0.39 is 4.92 Å². The third kappa shape index (κ3) is 5.70. The molecule has 1 saturated heterocycles. The molecule has 0 atom stereocenters. The summed E-state index contributed by atoms with van der Waals surface area (Å²) in [6, 6.07) is 19.6. The maximum Gasteiger partial charge on any atom is 0.293 e. The van der Waals surface area contributed by atoms with Crippen LogP contribution in [0.4, 0.5) is 17.1 Å². The molecule has 0 bridgehead atoms. The number of rotatable bonds is 8. The first-order chi connectivity index (χ1) is 17.0. The Hall–Kier alpha value is -4.11. The van der Waals surface area contributed by atoms with Crippen molar-refractivity contribution in [1.82, 2.24) is 9.80 Å². The molecular weight excluding hydrogens is 448 g/mol. The van der Waals surface area contributed by atoms with Gasteiger partial charge in [0.2, 0.25) is 0 Å². The zero-order valence-corrected chi connectivity index (χ0v) is 19.8. The molecule has 1 amide bonds. The number of nitrogens with one attached hydrogen (secondary N) is 1. The largest absolute Gasteiger partial charge is 0.493 e. The minimum atomic E-state index is -0.469. The van der Waals surface area contributed by atoms with Crippen LogP contribution in [0.5, 0.6) is 11.5 Å². The highest BCUT2D eigenvalue weighted by Gasteiger charge is 2.25. The number of amides is 1. The predicted molar refractivity (Wildman–Crippen MR) is 134 cm³/mol. The van der Waals surface area contributed by atoms with E-state index in [9.17, 15) is 14.9 Å². The van der Waals surface area contributed by atoms with Crippen LogP contribution in [0, 0.1) is 10.1 Å². The van der Waals surface area contributed by atoms with E-state index in [1.807, 2.05) is 48.5 Å². The van der Waals surface area contributed by atoms with E-state index in [4.69, 9.17) is 9.47 Å². The van der Waals surface area contributed by atoms with E-state index in [1.54, 1.807) is 31.3 Å². The highest BCUT2D eigenvalue weighted by atomic mass is 16.6. The minimum absolute atomic E-state index is 0.133. The Morgan fingerprint density at radius 3 is 2.31 bits per heavy atom. The van der Waals surface area contributed by atoms with Crippen LogP contribution in [-0.4, -0.2) is 61.0 Å². The van der Waals surface area contributed by atoms with Crippen LogP contribution in [0.3, 0.4) is 0 Å². The van der Waals surface area contributed by atoms with E-state index in [1.165, 1.54) is 6.07 Å². The van der Waals surface area contributed by atoms with Crippen LogP contribution in [0.25, 0.3) is 0 Å². The number of ether oxygens (including phenoxy) is 2. The summed E-state index contributed by atoms with van der Waals surface area (Å²) in [6.45, 7) is 3.23. The van der Waals surface area contributed by atoms with Crippen LogP contribution < -0.4 is 14.8 Å². The molecule has 1 heterocycles. The Morgan fingerprint density at radius 1 is 0.943 bits per heavy atom. The van der Waals surface area contributed by atoms with Crippen molar-refractivity contribution in [1.29, 1.82) is 0 Å². The van der Waals surface area contributed by atoms with Gasteiger partial charge >= 0.3 is 0 Å². The highest BCUT2D eigenvalue weighted by Crippen LogP contribution is 2.30. The quantitative estimate of drug-likeness (QED) is 0.382. The van der Waals surface area contributed by atoms with Gasteiger partial charge in [0, 0.05) is 50.0 Å². The number of carbonyl (C=O) groups excluding carboxylic acids is 1. The lowest BCUT2D eigenvalue weighted by atomic mass is 10.1. The second-order valence-electron chi connectivity index (χ2n) is 8.24. The number of anilines is 2. The number of methoxy groups -OCH3 is 2. The maximum atomic E-state index is 13.1. The van der Waals surface area contributed by atoms with Gasteiger partial charge in [-0.15, -0.1) is 0 Å². The van der Waals surface area contributed by atoms with Crippen LogP contribution in [-0.2, 0) is 6.54 Å². The van der Waals surface area contributed by atoms with Gasteiger partial charge < -0.3 is 19.7 Å². The molecule has 1 N–H and O–H groups in total. The third-order valence-corrected chi connectivity index (χ3v) is 6.01. The van der Waals surface area contributed by atoms with E-state index >= 15 is 0 Å². The zero-order valence-electron chi connectivity index (χ0n) is 19.8. The van der Waals surface area contributed by atoms with E-state index in [2.05, 4.69) is 10.2 Å². The summed E-state index contributed by atoms with van der Waals surface area (Å²) in [6.07, 6.45) is 0. The molecule has 0 spiro atoms. The molecule has 0 aromatic heterocycles. The smallest absolute Gasteiger partial charge is 0.293 e. The van der Waals surface area contributed by atoms with Crippen molar-refractivity contribution in [2.24, 2.45) is 0 Å². The number of piperazine rings is 1. The van der Waals surface area contributed by atoms with Gasteiger partial charge in [-0.1, -0.05) is 24.3 Å². The number of nitrogens with zero attached hydrogens (tertiary/aromatic N) is 3. The topological polar surface area (TPSA) is 97.2 Å². The summed E-state index contributed by atoms with van der Waals surface area (Å²) in [4.78, 5) is 28.3. The molecule has 1 aliphatic heterocycles. The Morgan fingerprint density at radius 2 is 1.66 bits per heavy atom. The van der Waals surface area contributed by atoms with Gasteiger partial charge in [0.05, 0.1) is 19.1 Å². The Balaban J connectivity index is 1.40. The lowest BCUT2D eigenvalue weighted by molar-refractivity contribution is -0.383. The van der Waals surface area contributed by atoms with Crippen molar-refractivity contribution < 1.29 is 19.2 Å². The van der Waals surface area contributed by atoms with Crippen molar-refractivity contribution in [3.8, 4) is 11.5 Å². The number of benzene rings is 3. The SMILES string of the molecule is COc1ccc(CN2CCN(C(=O)c3ccc(Nc4ccccc4)c([N+](=O)[O-])c3)CC2)cc1OC. The molecule has 0 radical (unpaired) electrons. The predicted octanol–water partition coefficient (Wildman–Crippen LogP) is 4.31. The fourth-order valence-electron chi connectivity index (χ4n) is 4.13. The molecule has 4 rings (SSSR count). The molecule has 0 unspecified atom stereocenters. The van der Waals surface area contributed by atoms with Gasteiger partial charge in [0.25, 0.3) is 11.6 Å². The number of hydrogen-bond donors (Lipinski definition) is 1. The van der Waals surface area contributed by atoms with Crippen LogP contribution in [0.2, 0.25) is 0 Å². The number of hydrogen-bond acceptors (Lipinski definition) is 7. The maximum absolute atomic E-state index is 13.1. The summed E-state index contributed by atoms with van der Waals surface area (Å²) >= 11 is 0. The van der Waals surface area contributed by atoms with Crippen molar-refractivity contribution in [2.75, 3.05) is 45.7 Å². The second-order valence-corrected chi connectivity index (χ2v) is 8.24. The standard InChI is InChI=1S/C26H28N4O5/c1-34-24-11-8-19(16-25(24)35-2)18-28-12-14-29(15-13-28)26(31)20-9-10-22(23(17-20)30(32)33)27-21-6-4-3-5-7-21/h3-11,16-17,27H,12-15,18H2,1-2H3. The highest BCUT2D eigenvalue weighted by molar-refractivity contribution is 5.96. The first kappa shape index (κ1) is 24.0. The Labute approximate surface area is 204 Å². The van der Waals surface area contributed by atoms with Crippen LogP contribution >= 0.6 is 0 Å². The minimum Gasteiger partial charge on any atom is -0.493 e. The molecule has 0 aliphatic carbocycles. The van der Waals surface area contributed by atoms with E-state index in [0.717, 1.165) is 17.8 Å². The van der Waals surface area contributed by atoms with E-state index in [-0.39, 0.29) is 11.6 Å². The molecule has 35 heavy (non-hydrogen) atoms. The lowest BCUT2D eigenvalue weighted by Gasteiger charge is -2.34.